The van der Waals surface area contributed by atoms with Crippen molar-refractivity contribution in [2.75, 3.05) is 6.61 Å². The average Bonchev–Trinajstić information content (AvgIpc) is 2.27. The number of ether oxygens (including phenoxy) is 2. The minimum atomic E-state index is -2.89. The maximum Gasteiger partial charge on any atom is 0.309 e. The summed E-state index contributed by atoms with van der Waals surface area (Å²) in [7, 11) is 0. The molecule has 2 unspecified atom stereocenters. The minimum absolute atomic E-state index is 0.159. The van der Waals surface area contributed by atoms with Gasteiger partial charge in [-0.3, -0.25) is 4.79 Å². The molecule has 6 heteroatoms. The van der Waals surface area contributed by atoms with Gasteiger partial charge >= 0.3 is 5.97 Å². The molecule has 82 valence electrons. The summed E-state index contributed by atoms with van der Waals surface area (Å²) in [6, 6.07) is 0. The van der Waals surface area contributed by atoms with Crippen molar-refractivity contribution in [3.8, 4) is 0 Å². The Morgan fingerprint density at radius 2 is 2.29 bits per heavy atom. The van der Waals surface area contributed by atoms with Gasteiger partial charge < -0.3 is 19.7 Å². The maximum absolute atomic E-state index is 13.4. The highest BCUT2D eigenvalue weighted by Crippen LogP contribution is 2.31. The molecule has 0 amide bonds. The van der Waals surface area contributed by atoms with Crippen LogP contribution >= 0.6 is 0 Å². The van der Waals surface area contributed by atoms with Crippen molar-refractivity contribution < 1.29 is 28.9 Å². The monoisotopic (exact) mass is 208 g/mol. The average molecular weight is 208 g/mol. The van der Waals surface area contributed by atoms with Crippen LogP contribution in [-0.4, -0.2) is 40.5 Å². The first kappa shape index (κ1) is 11.4. The molecule has 1 fully saturated rings. The standard InChI is InChI=1S/C8H13FO5/c1-7(2)13-4-5(14-7)8(9,12)3-6(10)11/h5,12H,3-4H2,1-2H3,(H,10,11). The van der Waals surface area contributed by atoms with E-state index >= 15 is 0 Å². The number of alkyl halides is 1. The van der Waals surface area contributed by atoms with E-state index in [2.05, 4.69) is 0 Å². The molecule has 0 aliphatic carbocycles. The third-order valence-corrected chi connectivity index (χ3v) is 1.90. The second-order valence-electron chi connectivity index (χ2n) is 3.71. The third-order valence-electron chi connectivity index (χ3n) is 1.90. The topological polar surface area (TPSA) is 76.0 Å². The van der Waals surface area contributed by atoms with E-state index in [0.717, 1.165) is 0 Å². The van der Waals surface area contributed by atoms with Gasteiger partial charge in [0.2, 0.25) is 5.85 Å². The molecule has 0 bridgehead atoms. The summed E-state index contributed by atoms with van der Waals surface area (Å²) in [5.41, 5.74) is 0. The summed E-state index contributed by atoms with van der Waals surface area (Å²) in [5.74, 6) is -5.30. The predicted octanol–water partition coefficient (Wildman–Crippen LogP) is 0.271. The smallest absolute Gasteiger partial charge is 0.309 e. The van der Waals surface area contributed by atoms with Crippen LogP contribution < -0.4 is 0 Å². The molecule has 1 aliphatic rings. The van der Waals surface area contributed by atoms with Gasteiger partial charge in [0.1, 0.15) is 12.5 Å². The number of hydrogen-bond donors (Lipinski definition) is 2. The van der Waals surface area contributed by atoms with Crippen LogP contribution in [0.1, 0.15) is 20.3 Å². The zero-order chi connectivity index (χ0) is 11.0. The number of hydrogen-bond acceptors (Lipinski definition) is 4. The first-order valence-corrected chi connectivity index (χ1v) is 4.18. The molecule has 5 nitrogen and oxygen atoms in total. The first-order valence-electron chi connectivity index (χ1n) is 4.18. The Kier molecular flexibility index (Phi) is 2.80. The summed E-state index contributed by atoms with van der Waals surface area (Å²) >= 11 is 0. The van der Waals surface area contributed by atoms with Gasteiger partial charge in [-0.25, -0.2) is 4.39 Å². The highest BCUT2D eigenvalue weighted by atomic mass is 19.2. The fourth-order valence-electron chi connectivity index (χ4n) is 1.23. The number of carboxylic acids is 1. The van der Waals surface area contributed by atoms with Gasteiger partial charge in [0, 0.05) is 0 Å². The first-order chi connectivity index (χ1) is 6.23. The predicted molar refractivity (Wildman–Crippen MR) is 43.2 cm³/mol. The van der Waals surface area contributed by atoms with Crippen molar-refractivity contribution in [2.45, 2.75) is 38.0 Å². The fourth-order valence-corrected chi connectivity index (χ4v) is 1.23. The van der Waals surface area contributed by atoms with Gasteiger partial charge in [-0.15, -0.1) is 0 Å². The second kappa shape index (κ2) is 3.45. The van der Waals surface area contributed by atoms with Gasteiger partial charge in [-0.05, 0) is 13.8 Å². The Bertz CT molecular complexity index is 238. The van der Waals surface area contributed by atoms with Crippen molar-refractivity contribution in [1.29, 1.82) is 0 Å². The molecule has 0 spiro atoms. The summed E-state index contributed by atoms with van der Waals surface area (Å²) in [5, 5.41) is 17.5. The number of carboxylic acid groups (broad SMARTS) is 1. The summed E-state index contributed by atoms with van der Waals surface area (Å²) < 4.78 is 23.4. The Morgan fingerprint density at radius 1 is 1.71 bits per heavy atom. The fraction of sp³-hybridized carbons (Fsp3) is 0.875. The Hall–Kier alpha value is -0.720. The molecule has 0 saturated carbocycles. The zero-order valence-corrected chi connectivity index (χ0v) is 7.99. The molecule has 1 saturated heterocycles. The Labute approximate surface area is 80.4 Å². The number of aliphatic hydroxyl groups is 1. The van der Waals surface area contributed by atoms with Crippen LogP contribution in [0.25, 0.3) is 0 Å². The van der Waals surface area contributed by atoms with Crippen LogP contribution in [0.15, 0.2) is 0 Å². The summed E-state index contributed by atoms with van der Waals surface area (Å²) in [4.78, 5) is 10.2. The van der Waals surface area contributed by atoms with Gasteiger partial charge in [0.25, 0.3) is 0 Å². The number of aliphatic carboxylic acids is 1. The van der Waals surface area contributed by atoms with Crippen LogP contribution in [0.2, 0.25) is 0 Å². The minimum Gasteiger partial charge on any atom is -0.481 e. The molecule has 0 aromatic rings. The van der Waals surface area contributed by atoms with E-state index in [-0.39, 0.29) is 6.61 Å². The van der Waals surface area contributed by atoms with Crippen LogP contribution in [-0.2, 0) is 14.3 Å². The van der Waals surface area contributed by atoms with Gasteiger partial charge in [-0.2, -0.15) is 0 Å². The SMILES string of the molecule is CC1(C)OCC(C(O)(F)CC(=O)O)O1. The Morgan fingerprint density at radius 3 is 2.64 bits per heavy atom. The Balaban J connectivity index is 2.61. The molecule has 14 heavy (non-hydrogen) atoms. The lowest BCUT2D eigenvalue weighted by Gasteiger charge is -2.24. The highest BCUT2D eigenvalue weighted by molar-refractivity contribution is 5.67. The molecule has 1 rings (SSSR count). The lowest BCUT2D eigenvalue weighted by molar-refractivity contribution is -0.215. The molecule has 0 aromatic carbocycles. The second-order valence-corrected chi connectivity index (χ2v) is 3.71. The van der Waals surface area contributed by atoms with E-state index in [1.165, 1.54) is 0 Å². The van der Waals surface area contributed by atoms with E-state index < -0.39 is 30.1 Å². The lowest BCUT2D eigenvalue weighted by atomic mass is 10.1. The normalized spacial score (nSPS) is 29.9. The summed E-state index contributed by atoms with van der Waals surface area (Å²) in [6.45, 7) is 2.96. The number of halogens is 1. The molecule has 0 radical (unpaired) electrons. The van der Waals surface area contributed by atoms with Crippen molar-refractivity contribution >= 4 is 5.97 Å². The maximum atomic E-state index is 13.4. The van der Waals surface area contributed by atoms with Gasteiger partial charge in [0.15, 0.2) is 5.79 Å². The van der Waals surface area contributed by atoms with E-state index in [4.69, 9.17) is 19.7 Å². The van der Waals surface area contributed by atoms with E-state index in [9.17, 15) is 9.18 Å². The zero-order valence-electron chi connectivity index (χ0n) is 7.99. The third kappa shape index (κ3) is 2.63. The van der Waals surface area contributed by atoms with Crippen LogP contribution in [0, 0.1) is 0 Å². The van der Waals surface area contributed by atoms with E-state index in [1.54, 1.807) is 13.8 Å². The van der Waals surface area contributed by atoms with Crippen LogP contribution in [0.3, 0.4) is 0 Å². The van der Waals surface area contributed by atoms with Crippen molar-refractivity contribution in [3.63, 3.8) is 0 Å². The van der Waals surface area contributed by atoms with E-state index in [1.807, 2.05) is 0 Å². The number of carbonyl (C=O) groups is 1. The quantitative estimate of drug-likeness (QED) is 0.696. The van der Waals surface area contributed by atoms with E-state index in [0.29, 0.717) is 0 Å². The van der Waals surface area contributed by atoms with Gasteiger partial charge in [0.05, 0.1) is 6.61 Å². The lowest BCUT2D eigenvalue weighted by Crippen LogP contribution is -2.42. The van der Waals surface area contributed by atoms with Gasteiger partial charge in [-0.1, -0.05) is 0 Å². The molecule has 0 aromatic heterocycles. The largest absolute Gasteiger partial charge is 0.481 e. The van der Waals surface area contributed by atoms with Crippen LogP contribution in [0.5, 0.6) is 0 Å². The molecular weight excluding hydrogens is 195 g/mol. The van der Waals surface area contributed by atoms with Crippen molar-refractivity contribution in [1.82, 2.24) is 0 Å². The van der Waals surface area contributed by atoms with Crippen molar-refractivity contribution in [3.05, 3.63) is 0 Å². The molecular formula is C8H13FO5. The summed E-state index contributed by atoms with van der Waals surface area (Å²) in [6.07, 6.45) is -2.27. The van der Waals surface area contributed by atoms with Crippen LogP contribution in [0.4, 0.5) is 4.39 Å². The molecule has 2 atom stereocenters. The molecule has 1 heterocycles. The highest BCUT2D eigenvalue weighted by Gasteiger charge is 2.47. The molecule has 1 aliphatic heterocycles. The van der Waals surface area contributed by atoms with Crippen molar-refractivity contribution in [2.24, 2.45) is 0 Å². The molecule has 2 N–H and O–H groups in total. The number of rotatable bonds is 3.